The average Bonchev–Trinajstić information content (AvgIpc) is 3.20. The number of hydrogen-bond donors (Lipinski definition) is 0. The van der Waals surface area contributed by atoms with Crippen LogP contribution in [0.2, 0.25) is 0 Å². The second kappa shape index (κ2) is 11.2. The van der Waals surface area contributed by atoms with E-state index in [9.17, 15) is 4.79 Å². The topological polar surface area (TPSA) is 33.5 Å². The molecule has 146 valence electrons. The van der Waals surface area contributed by atoms with Gasteiger partial charge in [0.05, 0.1) is 23.8 Å². The lowest BCUT2D eigenvalue weighted by molar-refractivity contribution is -0.141. The fraction of sp³-hybridized carbons (Fsp3) is 0.522. The van der Waals surface area contributed by atoms with Crippen molar-refractivity contribution in [3.05, 3.63) is 60.1 Å². The summed E-state index contributed by atoms with van der Waals surface area (Å²) >= 11 is 1.82. The Bertz CT molecular complexity index is 656. The molecule has 1 aromatic carbocycles. The first-order chi connectivity index (χ1) is 13.3. The molecule has 1 unspecified atom stereocenters. The molecule has 1 saturated heterocycles. The molecule has 0 aliphatic carbocycles. The zero-order valence-corrected chi connectivity index (χ0v) is 17.0. The number of furan rings is 1. The Morgan fingerprint density at radius 1 is 0.926 bits per heavy atom. The number of hydrogen-bond acceptors (Lipinski definition) is 3. The predicted octanol–water partition coefficient (Wildman–Crippen LogP) is 6.04. The number of carbonyl (C=O) groups is 1. The minimum atomic E-state index is 0.313. The van der Waals surface area contributed by atoms with Crippen molar-refractivity contribution in [2.24, 2.45) is 0 Å². The number of β-lactam (4-membered cyclic amide) rings is 1. The fourth-order valence-electron chi connectivity index (χ4n) is 3.56. The van der Waals surface area contributed by atoms with Gasteiger partial charge in [-0.25, -0.2) is 0 Å². The minimum absolute atomic E-state index is 0.313. The van der Waals surface area contributed by atoms with E-state index in [4.69, 9.17) is 4.42 Å². The van der Waals surface area contributed by atoms with Crippen LogP contribution >= 0.6 is 11.8 Å². The van der Waals surface area contributed by atoms with Crippen LogP contribution in [0, 0.1) is 0 Å². The van der Waals surface area contributed by atoms with Crippen molar-refractivity contribution in [2.45, 2.75) is 68.9 Å². The first-order valence-corrected chi connectivity index (χ1v) is 11.4. The Kier molecular flexibility index (Phi) is 8.34. The van der Waals surface area contributed by atoms with Gasteiger partial charge in [0, 0.05) is 6.54 Å². The first-order valence-electron chi connectivity index (χ1n) is 10.3. The summed E-state index contributed by atoms with van der Waals surface area (Å²) in [6.45, 7) is 0.919. The first kappa shape index (κ1) is 20.1. The SMILES string of the molecule is O=C1CC(SCc2ccco2)N1CCCCCCCCCc1ccccc1. The second-order valence-electron chi connectivity index (χ2n) is 7.35. The molecule has 27 heavy (non-hydrogen) atoms. The van der Waals surface area contributed by atoms with Gasteiger partial charge in [-0.1, -0.05) is 62.4 Å². The lowest BCUT2D eigenvalue weighted by atomic mass is 10.0. The molecule has 1 atom stereocenters. The van der Waals surface area contributed by atoms with E-state index in [-0.39, 0.29) is 0 Å². The number of carbonyl (C=O) groups excluding carboxylic acids is 1. The number of nitrogens with zero attached hydrogens (tertiary/aromatic N) is 1. The summed E-state index contributed by atoms with van der Waals surface area (Å²) in [4.78, 5) is 13.9. The van der Waals surface area contributed by atoms with Crippen molar-refractivity contribution in [2.75, 3.05) is 6.54 Å². The van der Waals surface area contributed by atoms with Crippen LogP contribution < -0.4 is 0 Å². The third-order valence-electron chi connectivity index (χ3n) is 5.22. The molecule has 1 fully saturated rings. The Morgan fingerprint density at radius 2 is 1.67 bits per heavy atom. The molecule has 1 aromatic heterocycles. The van der Waals surface area contributed by atoms with Gasteiger partial charge in [-0.3, -0.25) is 4.79 Å². The van der Waals surface area contributed by atoms with Crippen molar-refractivity contribution in [3.8, 4) is 0 Å². The number of rotatable bonds is 13. The largest absolute Gasteiger partial charge is 0.468 e. The molecule has 0 spiro atoms. The summed E-state index contributed by atoms with van der Waals surface area (Å²) in [6.07, 6.45) is 12.5. The highest BCUT2D eigenvalue weighted by Gasteiger charge is 2.35. The zero-order chi connectivity index (χ0) is 18.7. The molecule has 1 amide bonds. The molecule has 0 bridgehead atoms. The lowest BCUT2D eigenvalue weighted by Crippen LogP contribution is -2.51. The van der Waals surface area contributed by atoms with Gasteiger partial charge in [0.25, 0.3) is 0 Å². The van der Waals surface area contributed by atoms with Gasteiger partial charge in [0.15, 0.2) is 0 Å². The third-order valence-corrected chi connectivity index (χ3v) is 6.48. The molecule has 1 aliphatic heterocycles. The minimum Gasteiger partial charge on any atom is -0.468 e. The van der Waals surface area contributed by atoms with Gasteiger partial charge in [-0.2, -0.15) is 0 Å². The summed E-state index contributed by atoms with van der Waals surface area (Å²) in [7, 11) is 0. The maximum atomic E-state index is 11.8. The quantitative estimate of drug-likeness (QED) is 0.311. The predicted molar refractivity (Wildman–Crippen MR) is 113 cm³/mol. The highest BCUT2D eigenvalue weighted by molar-refractivity contribution is 7.99. The summed E-state index contributed by atoms with van der Waals surface area (Å²) in [5.41, 5.74) is 1.45. The average molecular weight is 386 g/mol. The summed E-state index contributed by atoms with van der Waals surface area (Å²) in [5, 5.41) is 0.348. The van der Waals surface area contributed by atoms with E-state index < -0.39 is 0 Å². The lowest BCUT2D eigenvalue weighted by Gasteiger charge is -2.40. The molecule has 1 aliphatic rings. The van der Waals surface area contributed by atoms with Crippen LogP contribution in [0.3, 0.4) is 0 Å². The van der Waals surface area contributed by atoms with Crippen molar-refractivity contribution in [1.29, 1.82) is 0 Å². The van der Waals surface area contributed by atoms with E-state index >= 15 is 0 Å². The van der Waals surface area contributed by atoms with Crippen LogP contribution in [0.15, 0.2) is 53.1 Å². The van der Waals surface area contributed by atoms with Crippen molar-refractivity contribution < 1.29 is 9.21 Å². The molecule has 3 nitrogen and oxygen atoms in total. The van der Waals surface area contributed by atoms with Gasteiger partial charge in [0.2, 0.25) is 5.91 Å². The Labute approximate surface area is 167 Å². The van der Waals surface area contributed by atoms with Crippen LogP contribution in [0.4, 0.5) is 0 Å². The maximum absolute atomic E-state index is 11.8. The molecule has 3 rings (SSSR count). The number of unbranched alkanes of at least 4 members (excludes halogenated alkanes) is 6. The van der Waals surface area contributed by atoms with E-state index in [1.54, 1.807) is 6.26 Å². The fourth-order valence-corrected chi connectivity index (χ4v) is 4.74. The van der Waals surface area contributed by atoms with Crippen LogP contribution in [-0.4, -0.2) is 22.7 Å². The molecule has 0 N–H and O–H groups in total. The highest BCUT2D eigenvalue weighted by atomic mass is 32.2. The van der Waals surface area contributed by atoms with Gasteiger partial charge in [-0.15, -0.1) is 11.8 Å². The van der Waals surface area contributed by atoms with E-state index in [0.29, 0.717) is 17.7 Å². The van der Waals surface area contributed by atoms with Gasteiger partial charge in [0.1, 0.15) is 5.76 Å². The van der Waals surface area contributed by atoms with Gasteiger partial charge < -0.3 is 9.32 Å². The molecular formula is C23H31NO2S. The van der Waals surface area contributed by atoms with E-state index in [0.717, 1.165) is 24.5 Å². The standard InChI is InChI=1S/C23H31NO2S/c25-22-18-23(27-19-21-15-11-17-26-21)24(22)16-10-5-3-1-2-4-7-12-20-13-8-6-9-14-20/h6,8-9,11,13-15,17,23H,1-5,7,10,12,16,18-19H2. The Hall–Kier alpha value is -1.68. The second-order valence-corrected chi connectivity index (χ2v) is 8.51. The molecule has 0 saturated carbocycles. The van der Waals surface area contributed by atoms with Crippen LogP contribution in [0.5, 0.6) is 0 Å². The van der Waals surface area contributed by atoms with Gasteiger partial charge in [-0.05, 0) is 37.0 Å². The number of likely N-dealkylation sites (tertiary alicyclic amines) is 1. The normalized spacial score (nSPS) is 16.5. The summed E-state index contributed by atoms with van der Waals surface area (Å²) in [6, 6.07) is 14.7. The van der Waals surface area contributed by atoms with Crippen LogP contribution in [0.1, 0.15) is 62.7 Å². The molecule has 4 heteroatoms. The van der Waals surface area contributed by atoms with Crippen molar-refractivity contribution in [3.63, 3.8) is 0 Å². The van der Waals surface area contributed by atoms with Crippen molar-refractivity contribution in [1.82, 2.24) is 4.90 Å². The smallest absolute Gasteiger partial charge is 0.226 e. The third kappa shape index (κ3) is 6.76. The van der Waals surface area contributed by atoms with Crippen molar-refractivity contribution >= 4 is 17.7 Å². The zero-order valence-electron chi connectivity index (χ0n) is 16.1. The molecular weight excluding hydrogens is 354 g/mol. The Balaban J connectivity index is 1.17. The van der Waals surface area contributed by atoms with E-state index in [1.165, 1.54) is 50.5 Å². The molecule has 2 heterocycles. The van der Waals surface area contributed by atoms with E-state index in [2.05, 4.69) is 30.3 Å². The molecule has 0 radical (unpaired) electrons. The summed E-state index contributed by atoms with van der Waals surface area (Å²) < 4.78 is 5.37. The number of aryl methyl sites for hydroxylation is 1. The maximum Gasteiger partial charge on any atom is 0.226 e. The van der Waals surface area contributed by atoms with Crippen LogP contribution in [0.25, 0.3) is 0 Å². The van der Waals surface area contributed by atoms with Crippen LogP contribution in [-0.2, 0) is 17.0 Å². The summed E-state index contributed by atoms with van der Waals surface area (Å²) in [5.74, 6) is 2.16. The monoisotopic (exact) mass is 385 g/mol. The number of benzene rings is 1. The van der Waals surface area contributed by atoms with Gasteiger partial charge >= 0.3 is 0 Å². The number of amides is 1. The Morgan fingerprint density at radius 3 is 2.37 bits per heavy atom. The van der Waals surface area contributed by atoms with E-state index in [1.807, 2.05) is 28.8 Å². The number of thioether (sulfide) groups is 1. The highest BCUT2D eigenvalue weighted by Crippen LogP contribution is 2.32. The molecule has 2 aromatic rings.